The molecule has 1 unspecified atom stereocenters. The monoisotopic (exact) mass is 310 g/mol. The van der Waals surface area contributed by atoms with Crippen LogP contribution in [0.4, 0.5) is 8.78 Å². The summed E-state index contributed by atoms with van der Waals surface area (Å²) in [6.45, 7) is 2.74. The van der Waals surface area contributed by atoms with Crippen LogP contribution in [-0.4, -0.2) is 11.5 Å². The van der Waals surface area contributed by atoms with E-state index >= 15 is 0 Å². The number of aromatic nitrogens is 1. The second-order valence-corrected chi connectivity index (χ2v) is 5.26. The zero-order valence-electron chi connectivity index (χ0n) is 11.7. The maximum atomic E-state index is 14.1. The third kappa shape index (κ3) is 4.22. The number of benzene rings is 1. The first-order valence-electron chi connectivity index (χ1n) is 6.88. The molecule has 112 valence electrons. The van der Waals surface area contributed by atoms with Crippen molar-refractivity contribution in [2.24, 2.45) is 0 Å². The highest BCUT2D eigenvalue weighted by Gasteiger charge is 2.18. The summed E-state index contributed by atoms with van der Waals surface area (Å²) in [6.07, 6.45) is 4.83. The largest absolute Gasteiger partial charge is 0.310 e. The SMILES string of the molecule is CCCNC(Cc1ccncc1)c1cc(F)c(Cl)cc1F. The van der Waals surface area contributed by atoms with E-state index in [0.717, 1.165) is 24.6 Å². The minimum atomic E-state index is -0.605. The fourth-order valence-corrected chi connectivity index (χ4v) is 2.32. The highest BCUT2D eigenvalue weighted by Crippen LogP contribution is 2.26. The van der Waals surface area contributed by atoms with Gasteiger partial charge in [-0.2, -0.15) is 0 Å². The van der Waals surface area contributed by atoms with Gasteiger partial charge in [-0.1, -0.05) is 18.5 Å². The van der Waals surface area contributed by atoms with E-state index < -0.39 is 11.6 Å². The van der Waals surface area contributed by atoms with Crippen LogP contribution in [0.2, 0.25) is 5.02 Å². The lowest BCUT2D eigenvalue weighted by Crippen LogP contribution is -2.25. The standard InChI is InChI=1S/C16H17ClF2N2/c1-2-5-21-16(8-11-3-6-20-7-4-11)12-9-15(19)13(17)10-14(12)18/h3-4,6-7,9-10,16,21H,2,5,8H2,1H3. The van der Waals surface area contributed by atoms with Gasteiger partial charge in [0.05, 0.1) is 5.02 Å². The molecule has 0 amide bonds. The summed E-state index contributed by atoms with van der Waals surface area (Å²) in [4.78, 5) is 3.96. The molecular formula is C16H17ClF2N2. The van der Waals surface area contributed by atoms with Crippen LogP contribution in [0, 0.1) is 11.6 Å². The van der Waals surface area contributed by atoms with Crippen LogP contribution in [0.25, 0.3) is 0 Å². The van der Waals surface area contributed by atoms with E-state index in [-0.39, 0.29) is 11.1 Å². The maximum absolute atomic E-state index is 14.1. The molecule has 0 fully saturated rings. The molecular weight excluding hydrogens is 294 g/mol. The smallest absolute Gasteiger partial charge is 0.142 e. The second kappa shape index (κ2) is 7.48. The molecule has 0 aliphatic rings. The molecule has 0 aliphatic heterocycles. The third-order valence-corrected chi connectivity index (χ3v) is 3.53. The molecule has 5 heteroatoms. The molecule has 0 aliphatic carbocycles. The van der Waals surface area contributed by atoms with Crippen LogP contribution >= 0.6 is 11.6 Å². The van der Waals surface area contributed by atoms with Gasteiger partial charge in [0.1, 0.15) is 11.6 Å². The average Bonchev–Trinajstić information content (AvgIpc) is 2.48. The molecule has 1 heterocycles. The van der Waals surface area contributed by atoms with Crippen LogP contribution in [-0.2, 0) is 6.42 Å². The summed E-state index contributed by atoms with van der Waals surface area (Å²) in [5, 5.41) is 3.05. The first-order chi connectivity index (χ1) is 10.1. The van der Waals surface area contributed by atoms with Gasteiger partial charge in [-0.15, -0.1) is 0 Å². The van der Waals surface area contributed by atoms with Crippen LogP contribution in [0.1, 0.15) is 30.5 Å². The van der Waals surface area contributed by atoms with Crippen molar-refractivity contribution in [3.05, 3.63) is 64.4 Å². The number of nitrogens with one attached hydrogen (secondary N) is 1. The lowest BCUT2D eigenvalue weighted by atomic mass is 9.98. The Kier molecular flexibility index (Phi) is 5.65. The Morgan fingerprint density at radius 1 is 1.19 bits per heavy atom. The minimum Gasteiger partial charge on any atom is -0.310 e. The zero-order chi connectivity index (χ0) is 15.2. The van der Waals surface area contributed by atoms with Gasteiger partial charge in [-0.25, -0.2) is 8.78 Å². The van der Waals surface area contributed by atoms with E-state index in [1.54, 1.807) is 12.4 Å². The maximum Gasteiger partial charge on any atom is 0.142 e. The van der Waals surface area contributed by atoms with Crippen molar-refractivity contribution in [3.63, 3.8) is 0 Å². The van der Waals surface area contributed by atoms with Gasteiger partial charge in [-0.3, -0.25) is 4.98 Å². The molecule has 1 aromatic heterocycles. The first-order valence-corrected chi connectivity index (χ1v) is 7.26. The molecule has 2 rings (SSSR count). The van der Waals surface area contributed by atoms with Crippen molar-refractivity contribution in [1.29, 1.82) is 0 Å². The summed E-state index contributed by atoms with van der Waals surface area (Å²) < 4.78 is 27.8. The summed E-state index contributed by atoms with van der Waals surface area (Å²) >= 11 is 5.61. The van der Waals surface area contributed by atoms with E-state index in [9.17, 15) is 8.78 Å². The summed E-state index contributed by atoms with van der Waals surface area (Å²) in [7, 11) is 0. The molecule has 0 saturated carbocycles. The van der Waals surface area contributed by atoms with E-state index in [1.807, 2.05) is 19.1 Å². The highest BCUT2D eigenvalue weighted by molar-refractivity contribution is 6.30. The molecule has 2 aromatic rings. The van der Waals surface area contributed by atoms with Crippen LogP contribution in [0.5, 0.6) is 0 Å². The predicted octanol–water partition coefficient (Wildman–Crippen LogP) is 4.30. The minimum absolute atomic E-state index is 0.200. The predicted molar refractivity (Wildman–Crippen MR) is 80.3 cm³/mol. The Hall–Kier alpha value is -1.52. The summed E-state index contributed by atoms with van der Waals surface area (Å²) in [5.41, 5.74) is 1.30. The van der Waals surface area contributed by atoms with E-state index in [4.69, 9.17) is 11.6 Å². The Labute approximate surface area is 128 Å². The van der Waals surface area contributed by atoms with Crippen molar-refractivity contribution in [2.45, 2.75) is 25.8 Å². The molecule has 0 saturated heterocycles. The fourth-order valence-electron chi connectivity index (χ4n) is 2.17. The molecule has 1 N–H and O–H groups in total. The number of nitrogens with zero attached hydrogens (tertiary/aromatic N) is 1. The van der Waals surface area contributed by atoms with Crippen LogP contribution in [0.15, 0.2) is 36.7 Å². The van der Waals surface area contributed by atoms with Crippen LogP contribution < -0.4 is 5.32 Å². The van der Waals surface area contributed by atoms with Gasteiger partial charge in [-0.05, 0) is 49.2 Å². The van der Waals surface area contributed by atoms with Crippen molar-refractivity contribution < 1.29 is 8.78 Å². The lowest BCUT2D eigenvalue weighted by Gasteiger charge is -2.20. The van der Waals surface area contributed by atoms with Gasteiger partial charge in [0, 0.05) is 24.0 Å². The Balaban J connectivity index is 2.29. The van der Waals surface area contributed by atoms with Gasteiger partial charge < -0.3 is 5.32 Å². The fraction of sp³-hybridized carbons (Fsp3) is 0.312. The van der Waals surface area contributed by atoms with Crippen molar-refractivity contribution >= 4 is 11.6 Å². The van der Waals surface area contributed by atoms with Gasteiger partial charge in [0.2, 0.25) is 0 Å². The zero-order valence-corrected chi connectivity index (χ0v) is 12.5. The van der Waals surface area contributed by atoms with Crippen LogP contribution in [0.3, 0.4) is 0 Å². The van der Waals surface area contributed by atoms with E-state index in [2.05, 4.69) is 10.3 Å². The quantitative estimate of drug-likeness (QED) is 0.805. The molecule has 1 atom stereocenters. The topological polar surface area (TPSA) is 24.9 Å². The second-order valence-electron chi connectivity index (χ2n) is 4.85. The summed E-state index contributed by atoms with van der Waals surface area (Å²) in [5.74, 6) is -1.10. The van der Waals surface area contributed by atoms with Crippen molar-refractivity contribution in [3.8, 4) is 0 Å². The molecule has 0 spiro atoms. The molecule has 0 bridgehead atoms. The molecule has 1 aromatic carbocycles. The lowest BCUT2D eigenvalue weighted by molar-refractivity contribution is 0.490. The number of rotatable bonds is 6. The molecule has 0 radical (unpaired) electrons. The van der Waals surface area contributed by atoms with Crippen molar-refractivity contribution in [2.75, 3.05) is 6.54 Å². The van der Waals surface area contributed by atoms with Gasteiger partial charge in [0.15, 0.2) is 0 Å². The highest BCUT2D eigenvalue weighted by atomic mass is 35.5. The Morgan fingerprint density at radius 2 is 1.90 bits per heavy atom. The third-order valence-electron chi connectivity index (χ3n) is 3.24. The first kappa shape index (κ1) is 15.9. The molecule has 2 nitrogen and oxygen atoms in total. The number of hydrogen-bond donors (Lipinski definition) is 1. The normalized spacial score (nSPS) is 12.4. The van der Waals surface area contributed by atoms with Gasteiger partial charge in [0.25, 0.3) is 0 Å². The molecule has 21 heavy (non-hydrogen) atoms. The van der Waals surface area contributed by atoms with E-state index in [1.165, 1.54) is 6.07 Å². The number of halogens is 3. The van der Waals surface area contributed by atoms with Gasteiger partial charge >= 0.3 is 0 Å². The van der Waals surface area contributed by atoms with Crippen molar-refractivity contribution in [1.82, 2.24) is 10.3 Å². The number of hydrogen-bond acceptors (Lipinski definition) is 2. The summed E-state index contributed by atoms with van der Waals surface area (Å²) in [6, 6.07) is 5.63. The number of pyridine rings is 1. The van der Waals surface area contributed by atoms with E-state index in [0.29, 0.717) is 12.0 Å². The average molecular weight is 311 g/mol. The Morgan fingerprint density at radius 3 is 2.57 bits per heavy atom. The Bertz CT molecular complexity index is 590.